The Kier molecular flexibility index (Phi) is 4.73. The first kappa shape index (κ1) is 14.5. The smallest absolute Gasteiger partial charge is 0.258 e. The van der Waals surface area contributed by atoms with E-state index in [1.54, 1.807) is 0 Å². The Morgan fingerprint density at radius 3 is 2.67 bits per heavy atom. The van der Waals surface area contributed by atoms with Gasteiger partial charge < -0.3 is 15.8 Å². The molecule has 18 heavy (non-hydrogen) atoms. The van der Waals surface area contributed by atoms with E-state index in [1.807, 2.05) is 45.9 Å². The summed E-state index contributed by atoms with van der Waals surface area (Å²) in [5.74, 6) is 0.585. The molecule has 1 aromatic carbocycles. The van der Waals surface area contributed by atoms with E-state index < -0.39 is 5.54 Å². The van der Waals surface area contributed by atoms with Gasteiger partial charge in [-0.1, -0.05) is 12.1 Å². The van der Waals surface area contributed by atoms with E-state index in [1.165, 1.54) is 0 Å². The fraction of sp³-hybridized carbons (Fsp3) is 0.500. The average Bonchev–Trinajstić information content (AvgIpc) is 2.30. The Morgan fingerprint density at radius 2 is 2.06 bits per heavy atom. The lowest BCUT2D eigenvalue weighted by Crippen LogP contribution is -2.50. The molecule has 4 nitrogen and oxygen atoms in total. The number of hydrogen-bond acceptors (Lipinski definition) is 3. The summed E-state index contributed by atoms with van der Waals surface area (Å²) in [7, 11) is 0. The van der Waals surface area contributed by atoms with Crippen molar-refractivity contribution in [2.24, 2.45) is 5.73 Å². The zero-order chi connectivity index (χ0) is 13.8. The van der Waals surface area contributed by atoms with Crippen LogP contribution in [0.4, 0.5) is 0 Å². The number of carbonyl (C=O) groups is 1. The van der Waals surface area contributed by atoms with Crippen molar-refractivity contribution in [2.45, 2.75) is 33.2 Å². The van der Waals surface area contributed by atoms with Gasteiger partial charge in [-0.25, -0.2) is 0 Å². The third kappa shape index (κ3) is 4.37. The lowest BCUT2D eigenvalue weighted by Gasteiger charge is -2.24. The first-order valence-corrected chi connectivity index (χ1v) is 6.05. The van der Waals surface area contributed by atoms with Crippen molar-refractivity contribution in [2.75, 3.05) is 13.2 Å². The van der Waals surface area contributed by atoms with Crippen LogP contribution in [0.15, 0.2) is 18.2 Å². The Hall–Kier alpha value is -1.55. The van der Waals surface area contributed by atoms with Gasteiger partial charge in [0.25, 0.3) is 5.91 Å². The molecule has 0 heterocycles. The van der Waals surface area contributed by atoms with Crippen LogP contribution in [-0.2, 0) is 4.79 Å². The molecule has 0 spiro atoms. The number of ether oxygens (including phenoxy) is 1. The van der Waals surface area contributed by atoms with Crippen LogP contribution in [0.2, 0.25) is 0 Å². The van der Waals surface area contributed by atoms with Crippen LogP contribution in [0.3, 0.4) is 0 Å². The normalized spacial score (nSPS) is 11.2. The summed E-state index contributed by atoms with van der Waals surface area (Å²) < 4.78 is 5.52. The van der Waals surface area contributed by atoms with Gasteiger partial charge in [0.2, 0.25) is 0 Å². The monoisotopic (exact) mass is 250 g/mol. The molecule has 0 unspecified atom stereocenters. The SMILES string of the molecule is Cc1ccc(C)c(OCC(=O)NC(C)(C)CN)c1. The fourth-order valence-corrected chi connectivity index (χ4v) is 1.47. The van der Waals surface area contributed by atoms with E-state index >= 15 is 0 Å². The van der Waals surface area contributed by atoms with Crippen LogP contribution < -0.4 is 15.8 Å². The average molecular weight is 250 g/mol. The van der Waals surface area contributed by atoms with Crippen molar-refractivity contribution in [1.82, 2.24) is 5.32 Å². The fourth-order valence-electron chi connectivity index (χ4n) is 1.47. The molecule has 0 aliphatic carbocycles. The minimum absolute atomic E-state index is 0.00766. The third-order valence-electron chi connectivity index (χ3n) is 2.69. The van der Waals surface area contributed by atoms with Crippen molar-refractivity contribution in [1.29, 1.82) is 0 Å². The summed E-state index contributed by atoms with van der Waals surface area (Å²) in [5, 5.41) is 2.82. The quantitative estimate of drug-likeness (QED) is 0.833. The van der Waals surface area contributed by atoms with Gasteiger partial charge in [0.1, 0.15) is 5.75 Å². The molecule has 0 radical (unpaired) electrons. The highest BCUT2D eigenvalue weighted by Gasteiger charge is 2.18. The number of rotatable bonds is 5. The Bertz CT molecular complexity index is 428. The predicted octanol–water partition coefficient (Wildman–Crippen LogP) is 1.54. The topological polar surface area (TPSA) is 64.3 Å². The first-order chi connectivity index (χ1) is 8.34. The molecule has 4 heteroatoms. The van der Waals surface area contributed by atoms with E-state index in [-0.39, 0.29) is 12.5 Å². The number of hydrogen-bond donors (Lipinski definition) is 2. The molecule has 100 valence electrons. The van der Waals surface area contributed by atoms with Gasteiger partial charge in [-0.05, 0) is 44.9 Å². The van der Waals surface area contributed by atoms with Gasteiger partial charge in [-0.2, -0.15) is 0 Å². The Balaban J connectivity index is 2.55. The van der Waals surface area contributed by atoms with Crippen LogP contribution in [-0.4, -0.2) is 24.6 Å². The van der Waals surface area contributed by atoms with Crippen LogP contribution in [0.25, 0.3) is 0 Å². The summed E-state index contributed by atoms with van der Waals surface area (Å²) in [6.45, 7) is 8.10. The summed E-state index contributed by atoms with van der Waals surface area (Å²) in [6, 6.07) is 5.92. The van der Waals surface area contributed by atoms with Crippen molar-refractivity contribution < 1.29 is 9.53 Å². The molecular formula is C14H22N2O2. The van der Waals surface area contributed by atoms with Gasteiger partial charge in [-0.15, -0.1) is 0 Å². The molecule has 1 aromatic rings. The summed E-state index contributed by atoms with van der Waals surface area (Å²) in [4.78, 5) is 11.7. The third-order valence-corrected chi connectivity index (χ3v) is 2.69. The lowest BCUT2D eigenvalue weighted by atomic mass is 10.1. The summed E-state index contributed by atoms with van der Waals surface area (Å²) in [5.41, 5.74) is 7.28. The maximum absolute atomic E-state index is 11.7. The lowest BCUT2D eigenvalue weighted by molar-refractivity contribution is -0.124. The highest BCUT2D eigenvalue weighted by Crippen LogP contribution is 2.18. The number of carbonyl (C=O) groups excluding carboxylic acids is 1. The van der Waals surface area contributed by atoms with E-state index in [0.29, 0.717) is 6.54 Å². The molecule has 0 saturated carbocycles. The molecule has 1 rings (SSSR count). The predicted molar refractivity (Wildman–Crippen MR) is 72.7 cm³/mol. The molecule has 0 fully saturated rings. The molecule has 1 amide bonds. The summed E-state index contributed by atoms with van der Waals surface area (Å²) >= 11 is 0. The molecular weight excluding hydrogens is 228 g/mol. The zero-order valence-corrected chi connectivity index (χ0v) is 11.5. The zero-order valence-electron chi connectivity index (χ0n) is 11.5. The van der Waals surface area contributed by atoms with Crippen LogP contribution in [0, 0.1) is 13.8 Å². The standard InChI is InChI=1S/C14H22N2O2/c1-10-5-6-11(2)12(7-10)18-8-13(17)16-14(3,4)9-15/h5-7H,8-9,15H2,1-4H3,(H,16,17). The minimum atomic E-state index is -0.401. The molecule has 0 aliphatic heterocycles. The number of benzene rings is 1. The Morgan fingerprint density at radius 1 is 1.39 bits per heavy atom. The number of nitrogens with one attached hydrogen (secondary N) is 1. The molecule has 0 bridgehead atoms. The number of nitrogens with two attached hydrogens (primary N) is 1. The molecule has 0 saturated heterocycles. The molecule has 0 aliphatic rings. The van der Waals surface area contributed by atoms with E-state index in [2.05, 4.69) is 5.32 Å². The van der Waals surface area contributed by atoms with Gasteiger partial charge in [0.15, 0.2) is 6.61 Å². The largest absolute Gasteiger partial charge is 0.483 e. The van der Waals surface area contributed by atoms with Crippen molar-refractivity contribution in [3.63, 3.8) is 0 Å². The van der Waals surface area contributed by atoms with Crippen LogP contribution >= 0.6 is 0 Å². The summed E-state index contributed by atoms with van der Waals surface area (Å²) in [6.07, 6.45) is 0. The van der Waals surface area contributed by atoms with Gasteiger partial charge >= 0.3 is 0 Å². The number of amides is 1. The molecule has 0 aromatic heterocycles. The highest BCUT2D eigenvalue weighted by molar-refractivity contribution is 5.78. The Labute approximate surface area is 109 Å². The minimum Gasteiger partial charge on any atom is -0.483 e. The van der Waals surface area contributed by atoms with E-state index in [4.69, 9.17) is 10.5 Å². The van der Waals surface area contributed by atoms with Crippen molar-refractivity contribution in [3.05, 3.63) is 29.3 Å². The first-order valence-electron chi connectivity index (χ1n) is 6.05. The van der Waals surface area contributed by atoms with Crippen LogP contribution in [0.1, 0.15) is 25.0 Å². The second-order valence-electron chi connectivity index (χ2n) is 5.19. The van der Waals surface area contributed by atoms with Crippen LogP contribution in [0.5, 0.6) is 5.75 Å². The van der Waals surface area contributed by atoms with E-state index in [9.17, 15) is 4.79 Å². The number of aryl methyl sites for hydroxylation is 2. The van der Waals surface area contributed by atoms with E-state index in [0.717, 1.165) is 16.9 Å². The molecule has 3 N–H and O–H groups in total. The maximum atomic E-state index is 11.7. The molecule has 0 atom stereocenters. The second-order valence-corrected chi connectivity index (χ2v) is 5.19. The van der Waals surface area contributed by atoms with Gasteiger partial charge in [-0.3, -0.25) is 4.79 Å². The van der Waals surface area contributed by atoms with Crippen molar-refractivity contribution >= 4 is 5.91 Å². The maximum Gasteiger partial charge on any atom is 0.258 e. The van der Waals surface area contributed by atoms with Crippen molar-refractivity contribution in [3.8, 4) is 5.75 Å². The highest BCUT2D eigenvalue weighted by atomic mass is 16.5. The van der Waals surface area contributed by atoms with Gasteiger partial charge in [0, 0.05) is 12.1 Å². The van der Waals surface area contributed by atoms with Gasteiger partial charge in [0.05, 0.1) is 0 Å². The second kappa shape index (κ2) is 5.87.